The van der Waals surface area contributed by atoms with Gasteiger partial charge in [0.2, 0.25) is 0 Å². The van der Waals surface area contributed by atoms with Crippen LogP contribution < -0.4 is 5.32 Å². The van der Waals surface area contributed by atoms with E-state index in [0.717, 1.165) is 6.07 Å². The van der Waals surface area contributed by atoms with Gasteiger partial charge >= 0.3 is 12.3 Å². The summed E-state index contributed by atoms with van der Waals surface area (Å²) < 4.78 is 72.9. The van der Waals surface area contributed by atoms with E-state index in [4.69, 9.17) is 4.74 Å². The van der Waals surface area contributed by atoms with Crippen molar-refractivity contribution in [2.24, 2.45) is 7.05 Å². The first kappa shape index (κ1) is 23.5. The van der Waals surface area contributed by atoms with Crippen LogP contribution in [0.4, 0.5) is 23.7 Å². The van der Waals surface area contributed by atoms with E-state index in [9.17, 15) is 26.4 Å². The Labute approximate surface area is 191 Å². The minimum atomic E-state index is -4.61. The number of hydrogen-bond acceptors (Lipinski definition) is 7. The lowest BCUT2D eigenvalue weighted by Crippen LogP contribution is -2.13. The first-order chi connectivity index (χ1) is 16.0. The third-order valence-corrected chi connectivity index (χ3v) is 6.77. The lowest BCUT2D eigenvalue weighted by molar-refractivity contribution is -0.137. The van der Waals surface area contributed by atoms with Crippen LogP contribution in [0.15, 0.2) is 35.6 Å². The van der Waals surface area contributed by atoms with Crippen molar-refractivity contribution in [3.8, 4) is 11.5 Å². The van der Waals surface area contributed by atoms with Gasteiger partial charge in [0.1, 0.15) is 16.9 Å². The molecule has 1 amide bonds. The highest BCUT2D eigenvalue weighted by Gasteiger charge is 2.33. The zero-order valence-electron chi connectivity index (χ0n) is 18.2. The van der Waals surface area contributed by atoms with E-state index in [1.54, 1.807) is 6.92 Å². The van der Waals surface area contributed by atoms with Gasteiger partial charge in [-0.15, -0.1) is 0 Å². The van der Waals surface area contributed by atoms with Gasteiger partial charge in [0.15, 0.2) is 26.3 Å². The molecule has 0 saturated carbocycles. The minimum absolute atomic E-state index is 0.0254. The maximum absolute atomic E-state index is 13.1. The predicted molar refractivity (Wildman–Crippen MR) is 116 cm³/mol. The van der Waals surface area contributed by atoms with Gasteiger partial charge in [0, 0.05) is 31.2 Å². The number of anilines is 1. The molecule has 0 fully saturated rings. The van der Waals surface area contributed by atoms with Gasteiger partial charge in [-0.25, -0.2) is 28.2 Å². The smallest absolute Gasteiger partial charge is 0.417 e. The van der Waals surface area contributed by atoms with Crippen molar-refractivity contribution in [1.82, 2.24) is 23.9 Å². The number of pyridine rings is 2. The van der Waals surface area contributed by atoms with Crippen molar-refractivity contribution >= 4 is 38.4 Å². The maximum atomic E-state index is 13.1. The summed E-state index contributed by atoms with van der Waals surface area (Å²) in [6.45, 7) is 3.27. The van der Waals surface area contributed by atoms with Crippen molar-refractivity contribution in [2.45, 2.75) is 25.0 Å². The summed E-state index contributed by atoms with van der Waals surface area (Å²) >= 11 is 0. The number of aryl methyl sites for hydroxylation is 1. The molecule has 4 aromatic heterocycles. The van der Waals surface area contributed by atoms with Crippen molar-refractivity contribution < 1.29 is 31.1 Å². The molecule has 0 saturated heterocycles. The number of nitrogens with zero attached hydrogens (tertiary/aromatic N) is 5. The van der Waals surface area contributed by atoms with Crippen molar-refractivity contribution in [3.05, 3.63) is 36.2 Å². The van der Waals surface area contributed by atoms with Gasteiger partial charge in [0.25, 0.3) is 0 Å². The highest BCUT2D eigenvalue weighted by atomic mass is 32.2. The van der Waals surface area contributed by atoms with E-state index < -0.39 is 27.7 Å². The van der Waals surface area contributed by atoms with Crippen LogP contribution in [-0.4, -0.2) is 50.8 Å². The number of sulfone groups is 1. The van der Waals surface area contributed by atoms with Crippen LogP contribution in [0.3, 0.4) is 0 Å². The van der Waals surface area contributed by atoms with E-state index in [2.05, 4.69) is 20.3 Å². The van der Waals surface area contributed by atoms with Gasteiger partial charge < -0.3 is 9.30 Å². The zero-order valence-corrected chi connectivity index (χ0v) is 19.0. The molecule has 0 aliphatic carbocycles. The molecule has 0 aliphatic heterocycles. The summed E-state index contributed by atoms with van der Waals surface area (Å²) in [7, 11) is -2.35. The number of fused-ring (bicyclic) bond motifs is 2. The largest absolute Gasteiger partial charge is 0.450 e. The van der Waals surface area contributed by atoms with Crippen LogP contribution in [0.2, 0.25) is 0 Å². The molecule has 0 aromatic carbocycles. The Kier molecular flexibility index (Phi) is 5.71. The SMILES string of the molecule is CCOC(=O)Nc1ccn2c(S(=O)(=O)CC)c(-c3nc4cc(C(F)(F)F)cnc4n3C)nc2c1. The molecule has 0 bridgehead atoms. The topological polar surface area (TPSA) is 120 Å². The molecule has 180 valence electrons. The highest BCUT2D eigenvalue weighted by molar-refractivity contribution is 7.91. The Morgan fingerprint density at radius 2 is 1.94 bits per heavy atom. The fourth-order valence-corrected chi connectivity index (χ4v) is 4.57. The first-order valence-corrected chi connectivity index (χ1v) is 11.7. The fourth-order valence-electron chi connectivity index (χ4n) is 3.41. The van der Waals surface area contributed by atoms with Crippen LogP contribution in [0.5, 0.6) is 0 Å². The molecule has 1 N–H and O–H groups in total. The lowest BCUT2D eigenvalue weighted by atomic mass is 10.2. The molecule has 4 rings (SSSR count). The van der Waals surface area contributed by atoms with E-state index in [0.29, 0.717) is 11.9 Å². The average Bonchev–Trinajstić information content (AvgIpc) is 3.30. The Balaban J connectivity index is 1.93. The molecule has 0 atom stereocenters. The minimum Gasteiger partial charge on any atom is -0.450 e. The second-order valence-corrected chi connectivity index (χ2v) is 9.41. The summed E-state index contributed by atoms with van der Waals surface area (Å²) in [5.41, 5.74) is -0.477. The van der Waals surface area contributed by atoms with Crippen LogP contribution in [0, 0.1) is 0 Å². The second kappa shape index (κ2) is 8.27. The number of rotatable bonds is 5. The molecular formula is C20H19F3N6O4S. The third kappa shape index (κ3) is 4.04. The summed E-state index contributed by atoms with van der Waals surface area (Å²) in [5.74, 6) is -0.228. The molecule has 4 aromatic rings. The van der Waals surface area contributed by atoms with Crippen LogP contribution in [-0.2, 0) is 27.8 Å². The quantitative estimate of drug-likeness (QED) is 0.448. The van der Waals surface area contributed by atoms with E-state index in [1.807, 2.05) is 0 Å². The summed E-state index contributed by atoms with van der Waals surface area (Å²) in [6, 6.07) is 3.75. The molecule has 0 spiro atoms. The summed E-state index contributed by atoms with van der Waals surface area (Å²) in [4.78, 5) is 24.2. The number of alkyl halides is 3. The van der Waals surface area contributed by atoms with Gasteiger partial charge in [0.05, 0.1) is 17.9 Å². The van der Waals surface area contributed by atoms with Crippen LogP contribution in [0.25, 0.3) is 28.3 Å². The van der Waals surface area contributed by atoms with Crippen molar-refractivity contribution in [3.63, 3.8) is 0 Å². The van der Waals surface area contributed by atoms with Crippen molar-refractivity contribution in [2.75, 3.05) is 17.7 Å². The lowest BCUT2D eigenvalue weighted by Gasteiger charge is -2.07. The molecular weight excluding hydrogens is 477 g/mol. The normalized spacial score (nSPS) is 12.4. The Hall–Kier alpha value is -3.68. The average molecular weight is 496 g/mol. The molecule has 10 nitrogen and oxygen atoms in total. The number of carbonyl (C=O) groups excluding carboxylic acids is 1. The standard InChI is InChI=1S/C20H19F3N6O4S/c1-4-33-19(30)25-12-6-7-29-14(9-12)27-15(18(29)34(31,32)5-2)17-26-13-8-11(20(21,22)23)10-24-16(13)28(17)3/h6-10H,4-5H2,1-3H3,(H,25,30). The molecule has 0 unspecified atom stereocenters. The molecule has 34 heavy (non-hydrogen) atoms. The molecule has 4 heterocycles. The number of carbonyl (C=O) groups is 1. The Morgan fingerprint density at radius 3 is 2.59 bits per heavy atom. The number of nitrogens with one attached hydrogen (secondary N) is 1. The fraction of sp³-hybridized carbons (Fsp3) is 0.300. The van der Waals surface area contributed by atoms with Gasteiger partial charge in [-0.3, -0.25) is 9.72 Å². The second-order valence-electron chi connectivity index (χ2n) is 7.22. The first-order valence-electron chi connectivity index (χ1n) is 10.0. The van der Waals surface area contributed by atoms with Crippen LogP contribution in [0.1, 0.15) is 19.4 Å². The van der Waals surface area contributed by atoms with Gasteiger partial charge in [-0.05, 0) is 19.1 Å². The van der Waals surface area contributed by atoms with Crippen molar-refractivity contribution in [1.29, 1.82) is 0 Å². The summed E-state index contributed by atoms with van der Waals surface area (Å²) in [5, 5.41) is 2.33. The maximum Gasteiger partial charge on any atom is 0.417 e. The predicted octanol–water partition coefficient (Wildman–Crippen LogP) is 3.66. The molecule has 0 radical (unpaired) electrons. The van der Waals surface area contributed by atoms with E-state index in [-0.39, 0.29) is 45.7 Å². The van der Waals surface area contributed by atoms with E-state index >= 15 is 0 Å². The zero-order chi connectivity index (χ0) is 24.8. The number of hydrogen-bond donors (Lipinski definition) is 1. The number of aromatic nitrogens is 5. The molecule has 0 aliphatic rings. The summed E-state index contributed by atoms with van der Waals surface area (Å²) in [6.07, 6.45) is -3.20. The number of halogens is 3. The third-order valence-electron chi connectivity index (χ3n) is 5.03. The molecule has 14 heteroatoms. The number of amides is 1. The monoisotopic (exact) mass is 496 g/mol. The van der Waals surface area contributed by atoms with Gasteiger partial charge in [-0.2, -0.15) is 13.2 Å². The highest BCUT2D eigenvalue weighted by Crippen LogP contribution is 2.33. The number of imidazole rings is 2. The van der Waals surface area contributed by atoms with Gasteiger partial charge in [-0.1, -0.05) is 6.92 Å². The van der Waals surface area contributed by atoms with Crippen LogP contribution >= 0.6 is 0 Å². The Morgan fingerprint density at radius 1 is 1.21 bits per heavy atom. The van der Waals surface area contributed by atoms with E-state index in [1.165, 1.54) is 41.3 Å². The number of ether oxygens (including phenoxy) is 1. The Bertz CT molecular complexity index is 1520.